The van der Waals surface area contributed by atoms with E-state index in [0.717, 1.165) is 18.5 Å². The van der Waals surface area contributed by atoms with Crippen molar-refractivity contribution in [3.63, 3.8) is 0 Å². The maximum Gasteiger partial charge on any atom is 0.262 e. The highest BCUT2D eigenvalue weighted by molar-refractivity contribution is 8.00. The minimum absolute atomic E-state index is 0.00755. The van der Waals surface area contributed by atoms with E-state index in [1.54, 1.807) is 9.47 Å². The molecule has 0 N–H and O–H groups in total. The summed E-state index contributed by atoms with van der Waals surface area (Å²) in [5, 5.41) is 0.856. The number of hydrogen-bond acceptors (Lipinski definition) is 4. The molecule has 0 saturated heterocycles. The van der Waals surface area contributed by atoms with E-state index in [1.807, 2.05) is 68.4 Å². The van der Waals surface area contributed by atoms with Crippen LogP contribution in [0.1, 0.15) is 33.6 Å². The summed E-state index contributed by atoms with van der Waals surface area (Å²) in [5.41, 5.74) is 1.51. The van der Waals surface area contributed by atoms with Crippen molar-refractivity contribution >= 4 is 34.3 Å². The number of benzene rings is 2. The van der Waals surface area contributed by atoms with Gasteiger partial charge in [0.25, 0.3) is 5.56 Å². The molecule has 1 amide bonds. The summed E-state index contributed by atoms with van der Waals surface area (Å²) in [7, 11) is 0. The average molecular weight is 410 g/mol. The first-order valence-corrected chi connectivity index (χ1v) is 11.0. The van der Waals surface area contributed by atoms with Crippen LogP contribution in [0.2, 0.25) is 0 Å². The number of carbonyl (C=O) groups excluding carboxylic acids is 1. The zero-order valence-electron chi connectivity index (χ0n) is 17.2. The van der Waals surface area contributed by atoms with E-state index in [2.05, 4.69) is 6.92 Å². The SMILES string of the molecule is CCCCn1c(S[C@H](C)C(=O)N(CC)c2ccccc2)nc2ccccc2c1=O. The maximum atomic E-state index is 13.1. The molecule has 3 rings (SSSR count). The van der Waals surface area contributed by atoms with Crippen molar-refractivity contribution < 1.29 is 4.79 Å². The van der Waals surface area contributed by atoms with Crippen LogP contribution in [-0.4, -0.2) is 27.3 Å². The number of fused-ring (bicyclic) bond motifs is 1. The van der Waals surface area contributed by atoms with Gasteiger partial charge in [-0.1, -0.05) is 55.4 Å². The second-order valence-electron chi connectivity index (χ2n) is 6.90. The molecule has 6 heteroatoms. The predicted octanol–water partition coefficient (Wildman–Crippen LogP) is 4.73. The number of hydrogen-bond donors (Lipinski definition) is 0. The van der Waals surface area contributed by atoms with Gasteiger partial charge in [0.05, 0.1) is 16.2 Å². The van der Waals surface area contributed by atoms with Crippen LogP contribution in [0.5, 0.6) is 0 Å². The fraction of sp³-hybridized carbons (Fsp3) is 0.348. The second kappa shape index (κ2) is 9.74. The molecule has 0 aliphatic carbocycles. The number of rotatable bonds is 8. The third kappa shape index (κ3) is 4.70. The average Bonchev–Trinajstić information content (AvgIpc) is 2.75. The van der Waals surface area contributed by atoms with Gasteiger partial charge in [0.2, 0.25) is 5.91 Å². The predicted molar refractivity (Wildman–Crippen MR) is 121 cm³/mol. The number of carbonyl (C=O) groups is 1. The number of unbranched alkanes of at least 4 members (excludes halogenated alkanes) is 1. The molecule has 1 heterocycles. The molecule has 0 spiro atoms. The van der Waals surface area contributed by atoms with Crippen LogP contribution < -0.4 is 10.5 Å². The molecule has 0 fully saturated rings. The Labute approximate surface area is 175 Å². The normalized spacial score (nSPS) is 12.1. The largest absolute Gasteiger partial charge is 0.312 e. The number of amides is 1. The monoisotopic (exact) mass is 409 g/mol. The molecule has 152 valence electrons. The molecule has 29 heavy (non-hydrogen) atoms. The Kier molecular flexibility index (Phi) is 7.09. The van der Waals surface area contributed by atoms with Gasteiger partial charge in [0, 0.05) is 18.8 Å². The van der Waals surface area contributed by atoms with Gasteiger partial charge in [-0.25, -0.2) is 4.98 Å². The topological polar surface area (TPSA) is 55.2 Å². The first kappa shape index (κ1) is 21.1. The summed E-state index contributed by atoms with van der Waals surface area (Å²) in [6.07, 6.45) is 1.87. The van der Waals surface area contributed by atoms with Crippen LogP contribution >= 0.6 is 11.8 Å². The second-order valence-corrected chi connectivity index (χ2v) is 8.21. The number of thioether (sulfide) groups is 1. The lowest BCUT2D eigenvalue weighted by molar-refractivity contribution is -0.117. The summed E-state index contributed by atoms with van der Waals surface area (Å²) in [4.78, 5) is 32.7. The molecule has 0 aliphatic heterocycles. The molecule has 1 atom stereocenters. The Hall–Kier alpha value is -2.60. The van der Waals surface area contributed by atoms with E-state index >= 15 is 0 Å². The van der Waals surface area contributed by atoms with E-state index in [0.29, 0.717) is 29.1 Å². The third-order valence-electron chi connectivity index (χ3n) is 4.84. The lowest BCUT2D eigenvalue weighted by Crippen LogP contribution is -2.37. The quantitative estimate of drug-likeness (QED) is 0.399. The van der Waals surface area contributed by atoms with E-state index < -0.39 is 0 Å². The molecule has 0 unspecified atom stereocenters. The van der Waals surface area contributed by atoms with Gasteiger partial charge in [0.1, 0.15) is 0 Å². The van der Waals surface area contributed by atoms with Crippen LogP contribution in [0.25, 0.3) is 10.9 Å². The zero-order chi connectivity index (χ0) is 20.8. The van der Waals surface area contributed by atoms with Crippen molar-refractivity contribution in [2.45, 2.75) is 50.6 Å². The van der Waals surface area contributed by atoms with Crippen LogP contribution in [0.4, 0.5) is 5.69 Å². The van der Waals surface area contributed by atoms with Gasteiger partial charge in [-0.05, 0) is 44.5 Å². The molecule has 0 radical (unpaired) electrons. The van der Waals surface area contributed by atoms with Crippen LogP contribution in [0.3, 0.4) is 0 Å². The van der Waals surface area contributed by atoms with Crippen molar-refractivity contribution in [2.75, 3.05) is 11.4 Å². The van der Waals surface area contributed by atoms with Gasteiger partial charge < -0.3 is 4.90 Å². The third-order valence-corrected chi connectivity index (χ3v) is 5.92. The van der Waals surface area contributed by atoms with Gasteiger partial charge in [-0.2, -0.15) is 0 Å². The van der Waals surface area contributed by atoms with E-state index in [9.17, 15) is 9.59 Å². The number of aromatic nitrogens is 2. The summed E-state index contributed by atoms with van der Waals surface area (Å²) in [5.74, 6) is 0.00755. The number of anilines is 1. The van der Waals surface area contributed by atoms with Crippen LogP contribution in [0.15, 0.2) is 64.5 Å². The van der Waals surface area contributed by atoms with Gasteiger partial charge >= 0.3 is 0 Å². The summed E-state index contributed by atoms with van der Waals surface area (Å²) >= 11 is 1.36. The molecule has 1 aromatic heterocycles. The Bertz CT molecular complexity index is 1030. The fourth-order valence-electron chi connectivity index (χ4n) is 3.25. The summed E-state index contributed by atoms with van der Waals surface area (Å²) < 4.78 is 1.72. The van der Waals surface area contributed by atoms with Crippen molar-refractivity contribution in [1.82, 2.24) is 9.55 Å². The fourth-order valence-corrected chi connectivity index (χ4v) is 4.25. The Morgan fingerprint density at radius 1 is 1.10 bits per heavy atom. The van der Waals surface area contributed by atoms with Crippen LogP contribution in [-0.2, 0) is 11.3 Å². The van der Waals surface area contributed by atoms with Crippen molar-refractivity contribution in [3.8, 4) is 0 Å². The van der Waals surface area contributed by atoms with Gasteiger partial charge in [-0.15, -0.1) is 0 Å². The van der Waals surface area contributed by atoms with Crippen LogP contribution in [0, 0.1) is 0 Å². The van der Waals surface area contributed by atoms with E-state index in [-0.39, 0.29) is 16.7 Å². The molecule has 5 nitrogen and oxygen atoms in total. The number of nitrogens with zero attached hydrogens (tertiary/aromatic N) is 3. The molecule has 0 aliphatic rings. The summed E-state index contributed by atoms with van der Waals surface area (Å²) in [6, 6.07) is 17.0. The van der Waals surface area contributed by atoms with Crippen molar-refractivity contribution in [1.29, 1.82) is 0 Å². The number of para-hydroxylation sites is 2. The highest BCUT2D eigenvalue weighted by atomic mass is 32.2. The van der Waals surface area contributed by atoms with Crippen molar-refractivity contribution in [3.05, 3.63) is 65.0 Å². The molecule has 0 bridgehead atoms. The van der Waals surface area contributed by atoms with E-state index in [1.165, 1.54) is 11.8 Å². The first-order chi connectivity index (χ1) is 14.1. The Morgan fingerprint density at radius 3 is 2.48 bits per heavy atom. The molecular weight excluding hydrogens is 382 g/mol. The minimum Gasteiger partial charge on any atom is -0.312 e. The van der Waals surface area contributed by atoms with E-state index in [4.69, 9.17) is 4.98 Å². The summed E-state index contributed by atoms with van der Waals surface area (Å²) in [6.45, 7) is 7.13. The standard InChI is InChI=1S/C23H27N3O2S/c1-4-6-16-26-22(28)19-14-10-11-15-20(19)24-23(26)29-17(3)21(27)25(5-2)18-12-8-7-9-13-18/h7-15,17H,4-6,16H2,1-3H3/t17-/m1/s1. The highest BCUT2D eigenvalue weighted by Crippen LogP contribution is 2.26. The minimum atomic E-state index is -0.365. The lowest BCUT2D eigenvalue weighted by Gasteiger charge is -2.24. The molecular formula is C23H27N3O2S. The van der Waals surface area contributed by atoms with Gasteiger partial charge in [0.15, 0.2) is 5.16 Å². The van der Waals surface area contributed by atoms with Gasteiger partial charge in [-0.3, -0.25) is 14.2 Å². The molecule has 3 aromatic rings. The first-order valence-electron chi connectivity index (χ1n) is 10.1. The Morgan fingerprint density at radius 2 is 1.79 bits per heavy atom. The zero-order valence-corrected chi connectivity index (χ0v) is 18.0. The highest BCUT2D eigenvalue weighted by Gasteiger charge is 2.24. The molecule has 0 saturated carbocycles. The Balaban J connectivity index is 1.93. The molecule has 2 aromatic carbocycles. The van der Waals surface area contributed by atoms with Crippen molar-refractivity contribution in [2.24, 2.45) is 0 Å². The smallest absolute Gasteiger partial charge is 0.262 e. The maximum absolute atomic E-state index is 13.1. The lowest BCUT2D eigenvalue weighted by atomic mass is 10.2.